The van der Waals surface area contributed by atoms with Gasteiger partial charge in [-0.3, -0.25) is 0 Å². The minimum absolute atomic E-state index is 0.0938. The molecule has 0 spiro atoms. The van der Waals surface area contributed by atoms with Crippen molar-refractivity contribution in [2.45, 2.75) is 4.90 Å². The summed E-state index contributed by atoms with van der Waals surface area (Å²) in [5, 5.41) is 0.225. The van der Waals surface area contributed by atoms with Crippen LogP contribution in [0.1, 0.15) is 5.56 Å². The van der Waals surface area contributed by atoms with Gasteiger partial charge in [0.15, 0.2) is 0 Å². The van der Waals surface area contributed by atoms with E-state index in [4.69, 9.17) is 29.6 Å². The summed E-state index contributed by atoms with van der Waals surface area (Å²) in [5.41, 5.74) is 5.93. The maximum atomic E-state index is 12.0. The predicted molar refractivity (Wildman–Crippen MR) is 81.1 cm³/mol. The first-order valence-electron chi connectivity index (χ1n) is 5.48. The Balaban J connectivity index is 2.90. The summed E-state index contributed by atoms with van der Waals surface area (Å²) < 4.78 is 26.5. The Morgan fingerprint density at radius 3 is 2.58 bits per heavy atom. The van der Waals surface area contributed by atoms with Gasteiger partial charge in [0.2, 0.25) is 10.0 Å². The Labute approximate surface area is 123 Å². The molecule has 0 heterocycles. The maximum Gasteiger partial charge on any atom is 0.240 e. The standard InChI is InChI=1S/C11H16ClN3O2S2/c1-15(2)6-5-14-19(16,17)8-3-4-9(11(13)18)10(12)7-8/h3-4,7,14H,5-6H2,1-2H3,(H2,13,18). The molecule has 106 valence electrons. The second-order valence-electron chi connectivity index (χ2n) is 4.21. The van der Waals surface area contributed by atoms with Crippen molar-refractivity contribution in [1.29, 1.82) is 0 Å². The minimum Gasteiger partial charge on any atom is -0.389 e. The topological polar surface area (TPSA) is 75.4 Å². The van der Waals surface area contributed by atoms with Crippen LogP contribution in [-0.2, 0) is 10.0 Å². The molecule has 1 rings (SSSR count). The smallest absolute Gasteiger partial charge is 0.240 e. The van der Waals surface area contributed by atoms with Crippen molar-refractivity contribution in [2.75, 3.05) is 27.2 Å². The van der Waals surface area contributed by atoms with Crippen LogP contribution in [0.25, 0.3) is 0 Å². The number of halogens is 1. The fourth-order valence-corrected chi connectivity index (χ4v) is 2.98. The van der Waals surface area contributed by atoms with E-state index in [2.05, 4.69) is 4.72 Å². The summed E-state index contributed by atoms with van der Waals surface area (Å²) >= 11 is 10.8. The van der Waals surface area contributed by atoms with Crippen molar-refractivity contribution in [3.63, 3.8) is 0 Å². The Kier molecular flexibility index (Phi) is 5.69. The Morgan fingerprint density at radius 2 is 2.11 bits per heavy atom. The van der Waals surface area contributed by atoms with Gasteiger partial charge in [0, 0.05) is 18.7 Å². The van der Waals surface area contributed by atoms with Gasteiger partial charge in [0.05, 0.1) is 9.92 Å². The average molecular weight is 322 g/mol. The molecular formula is C11H16ClN3O2S2. The Bertz CT molecular complexity index is 573. The molecule has 0 bridgehead atoms. The molecular weight excluding hydrogens is 306 g/mol. The van der Waals surface area contributed by atoms with Gasteiger partial charge in [-0.2, -0.15) is 0 Å². The zero-order chi connectivity index (χ0) is 14.6. The van der Waals surface area contributed by atoms with Gasteiger partial charge in [-0.1, -0.05) is 23.8 Å². The second-order valence-corrected chi connectivity index (χ2v) is 6.82. The number of nitrogens with zero attached hydrogens (tertiary/aromatic N) is 1. The van der Waals surface area contributed by atoms with Crippen molar-refractivity contribution < 1.29 is 8.42 Å². The van der Waals surface area contributed by atoms with Crippen molar-refractivity contribution in [3.05, 3.63) is 28.8 Å². The van der Waals surface area contributed by atoms with E-state index in [-0.39, 0.29) is 14.9 Å². The van der Waals surface area contributed by atoms with E-state index in [1.807, 2.05) is 19.0 Å². The van der Waals surface area contributed by atoms with Crippen LogP contribution in [0.5, 0.6) is 0 Å². The summed E-state index contributed by atoms with van der Waals surface area (Å²) in [4.78, 5) is 2.11. The van der Waals surface area contributed by atoms with Crippen LogP contribution in [-0.4, -0.2) is 45.5 Å². The largest absolute Gasteiger partial charge is 0.389 e. The number of rotatable bonds is 6. The second kappa shape index (κ2) is 6.62. The predicted octanol–water partition coefficient (Wildman–Crippen LogP) is 0.814. The van der Waals surface area contributed by atoms with E-state index in [1.54, 1.807) is 0 Å². The van der Waals surface area contributed by atoms with Crippen LogP contribution in [0.4, 0.5) is 0 Å². The number of hydrogen-bond donors (Lipinski definition) is 2. The number of nitrogens with two attached hydrogens (primary N) is 1. The summed E-state index contributed by atoms with van der Waals surface area (Å²) in [6.07, 6.45) is 0. The van der Waals surface area contributed by atoms with Crippen molar-refractivity contribution in [3.8, 4) is 0 Å². The highest BCUT2D eigenvalue weighted by atomic mass is 35.5. The molecule has 8 heteroatoms. The molecule has 1 aromatic carbocycles. The third-order valence-electron chi connectivity index (χ3n) is 2.37. The SMILES string of the molecule is CN(C)CCNS(=O)(=O)c1ccc(C(N)=S)c(Cl)c1. The first kappa shape index (κ1) is 16.3. The molecule has 0 saturated carbocycles. The molecule has 0 atom stereocenters. The Hall–Kier alpha value is -0.730. The molecule has 0 radical (unpaired) electrons. The molecule has 0 aromatic heterocycles. The first-order valence-corrected chi connectivity index (χ1v) is 7.74. The van der Waals surface area contributed by atoms with Crippen molar-refractivity contribution in [2.24, 2.45) is 5.73 Å². The molecule has 0 unspecified atom stereocenters. The summed E-state index contributed by atoms with van der Waals surface area (Å²) in [6.45, 7) is 0.932. The quantitative estimate of drug-likeness (QED) is 0.759. The van der Waals surface area contributed by atoms with Crippen LogP contribution >= 0.6 is 23.8 Å². The monoisotopic (exact) mass is 321 g/mol. The lowest BCUT2D eigenvalue weighted by Crippen LogP contribution is -2.31. The molecule has 0 saturated heterocycles. The molecule has 0 fully saturated rings. The van der Waals surface area contributed by atoms with Gasteiger partial charge in [0.25, 0.3) is 0 Å². The average Bonchev–Trinajstić information content (AvgIpc) is 2.27. The highest BCUT2D eigenvalue weighted by molar-refractivity contribution is 7.89. The highest BCUT2D eigenvalue weighted by Crippen LogP contribution is 2.20. The van der Waals surface area contributed by atoms with Crippen molar-refractivity contribution in [1.82, 2.24) is 9.62 Å². The normalized spacial score (nSPS) is 11.8. The number of hydrogen-bond acceptors (Lipinski definition) is 4. The van der Waals surface area contributed by atoms with Crippen LogP contribution < -0.4 is 10.5 Å². The van der Waals surface area contributed by atoms with E-state index in [0.717, 1.165) is 0 Å². The van der Waals surface area contributed by atoms with Crippen molar-refractivity contribution >= 4 is 38.8 Å². The van der Waals surface area contributed by atoms with Crippen LogP contribution in [0, 0.1) is 0 Å². The molecule has 19 heavy (non-hydrogen) atoms. The van der Waals surface area contributed by atoms with E-state index in [0.29, 0.717) is 18.7 Å². The summed E-state index contributed by atoms with van der Waals surface area (Å²) in [5.74, 6) is 0. The zero-order valence-corrected chi connectivity index (χ0v) is 13.1. The van der Waals surface area contributed by atoms with Gasteiger partial charge in [0.1, 0.15) is 4.99 Å². The number of sulfonamides is 1. The zero-order valence-electron chi connectivity index (χ0n) is 10.7. The molecule has 0 aliphatic carbocycles. The number of benzene rings is 1. The lowest BCUT2D eigenvalue weighted by atomic mass is 10.2. The molecule has 1 aromatic rings. The number of nitrogens with one attached hydrogen (secondary N) is 1. The first-order chi connectivity index (χ1) is 8.74. The highest BCUT2D eigenvalue weighted by Gasteiger charge is 2.15. The lowest BCUT2D eigenvalue weighted by Gasteiger charge is -2.11. The van der Waals surface area contributed by atoms with E-state index >= 15 is 0 Å². The van der Waals surface area contributed by atoms with Crippen LogP contribution in [0.3, 0.4) is 0 Å². The van der Waals surface area contributed by atoms with Gasteiger partial charge in [-0.15, -0.1) is 0 Å². The number of thiocarbonyl (C=S) groups is 1. The van der Waals surface area contributed by atoms with E-state index in [9.17, 15) is 8.42 Å². The van der Waals surface area contributed by atoms with Gasteiger partial charge in [-0.05, 0) is 32.3 Å². The fraction of sp³-hybridized carbons (Fsp3) is 0.364. The van der Waals surface area contributed by atoms with Gasteiger partial charge in [-0.25, -0.2) is 13.1 Å². The molecule has 5 nitrogen and oxygen atoms in total. The van der Waals surface area contributed by atoms with E-state index in [1.165, 1.54) is 18.2 Å². The molecule has 0 aliphatic rings. The summed E-state index contributed by atoms with van der Waals surface area (Å²) in [7, 11) is 0.160. The number of likely N-dealkylation sites (N-methyl/N-ethyl adjacent to an activating group) is 1. The van der Waals surface area contributed by atoms with E-state index < -0.39 is 10.0 Å². The van der Waals surface area contributed by atoms with Gasteiger partial charge >= 0.3 is 0 Å². The summed E-state index contributed by atoms with van der Waals surface area (Å²) in [6, 6.07) is 4.28. The maximum absolute atomic E-state index is 12.0. The third kappa shape index (κ3) is 4.70. The van der Waals surface area contributed by atoms with Gasteiger partial charge < -0.3 is 10.6 Å². The lowest BCUT2D eigenvalue weighted by molar-refractivity contribution is 0.412. The third-order valence-corrected chi connectivity index (χ3v) is 4.36. The Morgan fingerprint density at radius 1 is 1.47 bits per heavy atom. The molecule has 0 amide bonds. The minimum atomic E-state index is -3.57. The molecule has 0 aliphatic heterocycles. The van der Waals surface area contributed by atoms with Crippen LogP contribution in [0.15, 0.2) is 23.1 Å². The molecule has 3 N–H and O–H groups in total. The van der Waals surface area contributed by atoms with Crippen LogP contribution in [0.2, 0.25) is 5.02 Å². The fourth-order valence-electron chi connectivity index (χ4n) is 1.35.